The molecule has 5 rings (SSSR count). The quantitative estimate of drug-likeness (QED) is 0.303. The third kappa shape index (κ3) is 5.33. The summed E-state index contributed by atoms with van der Waals surface area (Å²) in [5, 5.41) is 7.90. The highest BCUT2D eigenvalue weighted by Crippen LogP contribution is 2.29. The van der Waals surface area contributed by atoms with E-state index in [9.17, 15) is 9.59 Å². The number of furan rings is 1. The molecule has 0 aliphatic carbocycles. The molecule has 0 unspecified atom stereocenters. The van der Waals surface area contributed by atoms with E-state index in [1.54, 1.807) is 18.7 Å². The van der Waals surface area contributed by atoms with E-state index >= 15 is 0 Å². The van der Waals surface area contributed by atoms with Crippen molar-refractivity contribution in [3.63, 3.8) is 0 Å². The molecule has 1 amide bonds. The number of fused-ring (bicyclic) bond motifs is 1. The van der Waals surface area contributed by atoms with Crippen molar-refractivity contribution in [1.29, 1.82) is 0 Å². The first-order valence-electron chi connectivity index (χ1n) is 11.4. The van der Waals surface area contributed by atoms with Gasteiger partial charge < -0.3 is 24.5 Å². The van der Waals surface area contributed by atoms with E-state index < -0.39 is 12.1 Å². The molecule has 180 valence electrons. The summed E-state index contributed by atoms with van der Waals surface area (Å²) < 4.78 is 16.2. The zero-order valence-corrected chi connectivity index (χ0v) is 19.0. The number of H-pyrrole nitrogens is 1. The molecule has 3 aromatic heterocycles. The number of benzene rings is 1. The number of amides is 1. The number of hydrogen-bond donors (Lipinski definition) is 2. The molecule has 4 heterocycles. The van der Waals surface area contributed by atoms with Gasteiger partial charge in [0, 0.05) is 42.0 Å². The standard InChI is InChI=1S/C25H25N5O5/c26-25(32)35-24(31)16-6-10-30(11-7-16)12-8-18-15-33-22-13-19(2-3-20(18)22)34-23-4-1-17(14-27-23)21-5-9-28-29-21/h1-5,9,13-16H,6-8,10-12H2,(H2,26,32)(H,28,29). The first-order valence-corrected chi connectivity index (χ1v) is 11.4. The van der Waals surface area contributed by atoms with Gasteiger partial charge in [0.05, 0.1) is 17.9 Å². The summed E-state index contributed by atoms with van der Waals surface area (Å²) in [5.74, 6) is 0.329. The molecule has 1 aromatic carbocycles. The summed E-state index contributed by atoms with van der Waals surface area (Å²) in [6.07, 6.45) is 6.28. The van der Waals surface area contributed by atoms with Crippen LogP contribution in [-0.2, 0) is 16.0 Å². The SMILES string of the molecule is NC(=O)OC(=O)C1CCN(CCc2coc3cc(Oc4ccc(-c5ccn[nH]5)cn4)ccc23)CC1. The van der Waals surface area contributed by atoms with Crippen LogP contribution in [0.3, 0.4) is 0 Å². The van der Waals surface area contributed by atoms with Crippen LogP contribution in [0, 0.1) is 5.92 Å². The number of ether oxygens (including phenoxy) is 2. The minimum atomic E-state index is -1.04. The number of esters is 1. The fourth-order valence-electron chi connectivity index (χ4n) is 4.31. The summed E-state index contributed by atoms with van der Waals surface area (Å²) in [7, 11) is 0. The number of piperidine rings is 1. The number of carbonyl (C=O) groups is 2. The number of pyridine rings is 1. The molecule has 1 aliphatic rings. The van der Waals surface area contributed by atoms with Gasteiger partial charge in [-0.05, 0) is 62.2 Å². The normalized spacial score (nSPS) is 14.7. The second kappa shape index (κ2) is 9.98. The van der Waals surface area contributed by atoms with Gasteiger partial charge in [-0.25, -0.2) is 9.78 Å². The third-order valence-electron chi connectivity index (χ3n) is 6.22. The maximum Gasteiger partial charge on any atom is 0.412 e. The zero-order valence-electron chi connectivity index (χ0n) is 19.0. The molecule has 0 atom stereocenters. The lowest BCUT2D eigenvalue weighted by Crippen LogP contribution is -2.38. The van der Waals surface area contributed by atoms with Crippen LogP contribution in [0.2, 0.25) is 0 Å². The lowest BCUT2D eigenvalue weighted by Gasteiger charge is -2.30. The maximum atomic E-state index is 11.8. The van der Waals surface area contributed by atoms with Crippen LogP contribution in [0.5, 0.6) is 11.6 Å². The Morgan fingerprint density at radius 1 is 1.17 bits per heavy atom. The molecule has 0 bridgehead atoms. The molecule has 1 saturated heterocycles. The van der Waals surface area contributed by atoms with Crippen molar-refractivity contribution in [3.8, 4) is 22.9 Å². The van der Waals surface area contributed by atoms with Crippen LogP contribution in [0.15, 0.2) is 59.5 Å². The Morgan fingerprint density at radius 2 is 2.03 bits per heavy atom. The Kier molecular flexibility index (Phi) is 6.44. The first-order chi connectivity index (χ1) is 17.0. The molecular weight excluding hydrogens is 450 g/mol. The number of hydrogen-bond acceptors (Lipinski definition) is 8. The molecule has 4 aromatic rings. The fraction of sp³-hybridized carbons (Fsp3) is 0.280. The van der Waals surface area contributed by atoms with Crippen molar-refractivity contribution in [1.82, 2.24) is 20.1 Å². The predicted molar refractivity (Wildman–Crippen MR) is 127 cm³/mol. The van der Waals surface area contributed by atoms with Crippen molar-refractivity contribution in [2.45, 2.75) is 19.3 Å². The van der Waals surface area contributed by atoms with Gasteiger partial charge in [-0.3, -0.25) is 9.89 Å². The lowest BCUT2D eigenvalue weighted by molar-refractivity contribution is -0.143. The predicted octanol–water partition coefficient (Wildman–Crippen LogP) is 3.89. The van der Waals surface area contributed by atoms with E-state index in [2.05, 4.69) is 24.8 Å². The second-order valence-electron chi connectivity index (χ2n) is 8.48. The molecule has 10 heteroatoms. The highest BCUT2D eigenvalue weighted by Gasteiger charge is 2.27. The largest absolute Gasteiger partial charge is 0.464 e. The number of primary amides is 1. The van der Waals surface area contributed by atoms with Crippen LogP contribution in [0.1, 0.15) is 18.4 Å². The van der Waals surface area contributed by atoms with Crippen LogP contribution in [0.4, 0.5) is 4.79 Å². The minimum Gasteiger partial charge on any atom is -0.464 e. The summed E-state index contributed by atoms with van der Waals surface area (Å²) in [5.41, 5.74) is 8.61. The van der Waals surface area contributed by atoms with E-state index in [0.717, 1.165) is 53.8 Å². The topological polar surface area (TPSA) is 137 Å². The maximum absolute atomic E-state index is 11.8. The number of nitrogens with one attached hydrogen (secondary N) is 1. The summed E-state index contributed by atoms with van der Waals surface area (Å²) >= 11 is 0. The van der Waals surface area contributed by atoms with Crippen LogP contribution < -0.4 is 10.5 Å². The molecule has 0 spiro atoms. The summed E-state index contributed by atoms with van der Waals surface area (Å²) in [6.45, 7) is 2.37. The summed E-state index contributed by atoms with van der Waals surface area (Å²) in [4.78, 5) is 29.3. The van der Waals surface area contributed by atoms with E-state index in [-0.39, 0.29) is 5.92 Å². The number of aromatic nitrogens is 3. The second-order valence-corrected chi connectivity index (χ2v) is 8.48. The minimum absolute atomic E-state index is 0.275. The number of nitrogens with two attached hydrogens (primary N) is 1. The van der Waals surface area contributed by atoms with Gasteiger partial charge in [0.1, 0.15) is 11.3 Å². The van der Waals surface area contributed by atoms with Gasteiger partial charge in [-0.1, -0.05) is 0 Å². The van der Waals surface area contributed by atoms with Crippen molar-refractivity contribution in [2.24, 2.45) is 11.7 Å². The fourth-order valence-corrected chi connectivity index (χ4v) is 4.31. The van der Waals surface area contributed by atoms with Gasteiger partial charge in [-0.15, -0.1) is 0 Å². The van der Waals surface area contributed by atoms with Crippen LogP contribution in [-0.4, -0.2) is 51.8 Å². The number of nitrogens with zero attached hydrogens (tertiary/aromatic N) is 3. The molecule has 35 heavy (non-hydrogen) atoms. The number of likely N-dealkylation sites (tertiary alicyclic amines) is 1. The van der Waals surface area contributed by atoms with E-state index in [0.29, 0.717) is 24.5 Å². The Morgan fingerprint density at radius 3 is 2.74 bits per heavy atom. The van der Waals surface area contributed by atoms with Crippen molar-refractivity contribution in [2.75, 3.05) is 19.6 Å². The third-order valence-corrected chi connectivity index (χ3v) is 6.22. The Hall–Kier alpha value is -4.18. The van der Waals surface area contributed by atoms with Crippen LogP contribution in [0.25, 0.3) is 22.2 Å². The van der Waals surface area contributed by atoms with E-state index in [1.807, 2.05) is 36.4 Å². The number of aromatic amines is 1. The van der Waals surface area contributed by atoms with E-state index in [4.69, 9.17) is 14.9 Å². The molecule has 0 radical (unpaired) electrons. The van der Waals surface area contributed by atoms with Gasteiger partial charge in [-0.2, -0.15) is 5.10 Å². The monoisotopic (exact) mass is 475 g/mol. The smallest absolute Gasteiger partial charge is 0.412 e. The van der Waals surface area contributed by atoms with Crippen LogP contribution >= 0.6 is 0 Å². The lowest BCUT2D eigenvalue weighted by atomic mass is 9.96. The van der Waals surface area contributed by atoms with Crippen molar-refractivity contribution >= 4 is 23.0 Å². The molecule has 1 fully saturated rings. The average molecular weight is 476 g/mol. The van der Waals surface area contributed by atoms with E-state index in [1.165, 1.54) is 0 Å². The molecule has 3 N–H and O–H groups in total. The Bertz CT molecular complexity index is 1310. The van der Waals surface area contributed by atoms with Gasteiger partial charge in [0.15, 0.2) is 0 Å². The number of carbonyl (C=O) groups excluding carboxylic acids is 2. The highest BCUT2D eigenvalue weighted by molar-refractivity contribution is 5.85. The Labute approximate surface area is 201 Å². The first kappa shape index (κ1) is 22.6. The molecular formula is C25H25N5O5. The zero-order chi connectivity index (χ0) is 24.2. The molecule has 1 aliphatic heterocycles. The summed E-state index contributed by atoms with van der Waals surface area (Å²) in [6, 6.07) is 11.4. The Balaban J connectivity index is 1.16. The molecule has 10 nitrogen and oxygen atoms in total. The highest BCUT2D eigenvalue weighted by atomic mass is 16.6. The van der Waals surface area contributed by atoms with Crippen molar-refractivity contribution in [3.05, 3.63) is 60.6 Å². The van der Waals surface area contributed by atoms with Gasteiger partial charge in [0.25, 0.3) is 0 Å². The molecule has 0 saturated carbocycles. The average Bonchev–Trinajstić information content (AvgIpc) is 3.53. The number of rotatable bonds is 7. The van der Waals surface area contributed by atoms with Gasteiger partial charge >= 0.3 is 12.1 Å². The van der Waals surface area contributed by atoms with Gasteiger partial charge in [0.2, 0.25) is 5.88 Å². The van der Waals surface area contributed by atoms with Crippen molar-refractivity contribution < 1.29 is 23.5 Å².